The van der Waals surface area contributed by atoms with Gasteiger partial charge in [-0.2, -0.15) is 0 Å². The average Bonchev–Trinajstić information content (AvgIpc) is 3.43. The highest BCUT2D eigenvalue weighted by Crippen LogP contribution is 2.40. The van der Waals surface area contributed by atoms with Gasteiger partial charge in [0.05, 0.1) is 25.8 Å². The number of quaternary nitrogens is 1. The molecular weight excluding hydrogens is 484 g/mol. The number of amides is 1. The van der Waals surface area contributed by atoms with Gasteiger partial charge < -0.3 is 29.1 Å². The average molecular weight is 519 g/mol. The van der Waals surface area contributed by atoms with E-state index in [1.54, 1.807) is 41.3 Å². The predicted molar refractivity (Wildman–Crippen MR) is 140 cm³/mol. The minimum Gasteiger partial charge on any atom is -0.872 e. The van der Waals surface area contributed by atoms with E-state index in [-0.39, 0.29) is 11.7 Å². The van der Waals surface area contributed by atoms with Crippen molar-refractivity contribution in [3.63, 3.8) is 0 Å². The second-order valence-corrected chi connectivity index (χ2v) is 10.1. The van der Waals surface area contributed by atoms with Gasteiger partial charge in [0.1, 0.15) is 37.3 Å². The lowest BCUT2D eigenvalue weighted by molar-refractivity contribution is -0.908. The van der Waals surface area contributed by atoms with Crippen molar-refractivity contribution < 1.29 is 33.8 Å². The number of nitrogens with zero attached hydrogens (tertiary/aromatic N) is 1. The summed E-state index contributed by atoms with van der Waals surface area (Å²) in [6.07, 6.45) is 3.09. The van der Waals surface area contributed by atoms with Gasteiger partial charge in [-0.15, -0.1) is 0 Å². The van der Waals surface area contributed by atoms with E-state index in [9.17, 15) is 14.7 Å². The van der Waals surface area contributed by atoms with E-state index in [2.05, 4.69) is 6.58 Å². The number of Topliss-reactive ketones (excluding diaryl/α,β-unsaturated/α-hetero) is 1. The number of hydrogen-bond donors (Lipinski definition) is 1. The van der Waals surface area contributed by atoms with Crippen LogP contribution in [0.15, 0.2) is 60.7 Å². The maximum absolute atomic E-state index is 13.9. The van der Waals surface area contributed by atoms with Crippen LogP contribution >= 0.6 is 0 Å². The van der Waals surface area contributed by atoms with Crippen molar-refractivity contribution in [1.29, 1.82) is 0 Å². The fourth-order valence-electron chi connectivity index (χ4n) is 5.51. The second-order valence-electron chi connectivity index (χ2n) is 10.1. The van der Waals surface area contributed by atoms with E-state index >= 15 is 0 Å². The maximum Gasteiger partial charge on any atom is 0.295 e. The first-order valence-electron chi connectivity index (χ1n) is 13.3. The molecule has 2 atom stereocenters. The number of carbonyl (C=O) groups is 2. The number of ether oxygens (including phenoxy) is 3. The molecule has 3 aliphatic heterocycles. The third-order valence-electron chi connectivity index (χ3n) is 7.36. The van der Waals surface area contributed by atoms with Gasteiger partial charge in [0.25, 0.3) is 5.91 Å². The SMILES string of the molecule is C=CCOc1cccc(C2C(=C([O-])c3ccc4c(c3)CC(C)O4)C(=O)C(=O)N2CCC[NH+]2CCOCC2)c1. The van der Waals surface area contributed by atoms with Crippen LogP contribution in [0.5, 0.6) is 11.5 Å². The quantitative estimate of drug-likeness (QED) is 0.231. The Hall–Kier alpha value is -3.62. The van der Waals surface area contributed by atoms with Crippen molar-refractivity contribution >= 4 is 17.4 Å². The summed E-state index contributed by atoms with van der Waals surface area (Å²) in [7, 11) is 0. The molecule has 1 N–H and O–H groups in total. The van der Waals surface area contributed by atoms with Crippen LogP contribution in [-0.2, 0) is 20.7 Å². The molecule has 200 valence electrons. The number of carbonyl (C=O) groups excluding carboxylic acids is 2. The monoisotopic (exact) mass is 518 g/mol. The van der Waals surface area contributed by atoms with Gasteiger partial charge >= 0.3 is 0 Å². The molecule has 0 aliphatic carbocycles. The number of benzene rings is 2. The Morgan fingerprint density at radius 2 is 2.03 bits per heavy atom. The van der Waals surface area contributed by atoms with Gasteiger partial charge in [-0.3, -0.25) is 9.59 Å². The number of fused-ring (bicyclic) bond motifs is 1. The second kappa shape index (κ2) is 11.4. The van der Waals surface area contributed by atoms with Gasteiger partial charge in [0.15, 0.2) is 0 Å². The van der Waals surface area contributed by atoms with Crippen molar-refractivity contribution in [2.45, 2.75) is 31.9 Å². The standard InChI is InChI=1S/C30H34N2O6/c1-3-14-37-24-7-4-6-21(19-24)27-26(28(33)22-8-9-25-23(18-22)17-20(2)38-25)29(34)30(35)32(27)11-5-10-31-12-15-36-16-13-31/h3-4,6-9,18-20,27,33H,1,5,10-17H2,2H3. The van der Waals surface area contributed by atoms with Crippen LogP contribution in [0.1, 0.15) is 36.1 Å². The molecule has 2 aromatic carbocycles. The molecule has 2 fully saturated rings. The summed E-state index contributed by atoms with van der Waals surface area (Å²) in [4.78, 5) is 29.7. The molecule has 5 rings (SSSR count). The van der Waals surface area contributed by atoms with Crippen molar-refractivity contribution in [3.05, 3.63) is 77.4 Å². The number of morpholine rings is 1. The molecule has 0 aromatic heterocycles. The van der Waals surface area contributed by atoms with E-state index in [0.29, 0.717) is 42.9 Å². The molecule has 0 saturated carbocycles. The van der Waals surface area contributed by atoms with Crippen molar-refractivity contribution in [3.8, 4) is 11.5 Å². The summed E-state index contributed by atoms with van der Waals surface area (Å²) in [6.45, 7) is 10.5. The molecule has 8 nitrogen and oxygen atoms in total. The molecule has 0 radical (unpaired) electrons. The summed E-state index contributed by atoms with van der Waals surface area (Å²) < 4.78 is 16.9. The lowest BCUT2D eigenvalue weighted by Gasteiger charge is -2.29. The molecule has 0 spiro atoms. The zero-order valence-electron chi connectivity index (χ0n) is 21.7. The number of likely N-dealkylation sites (tertiary alicyclic amines) is 1. The van der Waals surface area contributed by atoms with Crippen LogP contribution in [-0.4, -0.2) is 68.7 Å². The summed E-state index contributed by atoms with van der Waals surface area (Å²) in [5.41, 5.74) is 1.98. The first-order valence-corrected chi connectivity index (χ1v) is 13.3. The molecule has 38 heavy (non-hydrogen) atoms. The highest BCUT2D eigenvalue weighted by Gasteiger charge is 2.44. The Morgan fingerprint density at radius 3 is 2.82 bits per heavy atom. The molecular formula is C30H34N2O6. The van der Waals surface area contributed by atoms with Crippen LogP contribution < -0.4 is 19.5 Å². The minimum absolute atomic E-state index is 0.0125. The summed E-state index contributed by atoms with van der Waals surface area (Å²) >= 11 is 0. The van der Waals surface area contributed by atoms with E-state index in [1.807, 2.05) is 19.1 Å². The summed E-state index contributed by atoms with van der Waals surface area (Å²) in [6, 6.07) is 11.7. The van der Waals surface area contributed by atoms with Crippen molar-refractivity contribution in [1.82, 2.24) is 4.90 Å². The number of ketones is 1. The van der Waals surface area contributed by atoms with E-state index in [0.717, 1.165) is 44.2 Å². The molecule has 2 saturated heterocycles. The number of hydrogen-bond acceptors (Lipinski definition) is 6. The molecule has 1 amide bonds. The lowest BCUT2D eigenvalue weighted by Crippen LogP contribution is -3.14. The fourth-order valence-corrected chi connectivity index (χ4v) is 5.51. The third kappa shape index (κ3) is 5.33. The topological polar surface area (TPSA) is 92.6 Å². The largest absolute Gasteiger partial charge is 0.872 e. The van der Waals surface area contributed by atoms with Crippen molar-refractivity contribution in [2.75, 3.05) is 46.0 Å². The van der Waals surface area contributed by atoms with Gasteiger partial charge in [0.2, 0.25) is 5.78 Å². The number of rotatable bonds is 9. The predicted octanol–water partition coefficient (Wildman–Crippen LogP) is 1.10. The van der Waals surface area contributed by atoms with Crippen LogP contribution in [0.4, 0.5) is 0 Å². The third-order valence-corrected chi connectivity index (χ3v) is 7.36. The van der Waals surface area contributed by atoms with E-state index in [1.165, 1.54) is 4.90 Å². The molecule has 0 bridgehead atoms. The first kappa shape index (κ1) is 26.0. The molecule has 3 heterocycles. The van der Waals surface area contributed by atoms with Gasteiger partial charge in [-0.05, 0) is 47.9 Å². The van der Waals surface area contributed by atoms with Crippen LogP contribution in [0.2, 0.25) is 0 Å². The summed E-state index contributed by atoms with van der Waals surface area (Å²) in [5, 5.41) is 13.9. The van der Waals surface area contributed by atoms with Crippen LogP contribution in [0.3, 0.4) is 0 Å². The molecule has 2 unspecified atom stereocenters. The Morgan fingerprint density at radius 1 is 1.21 bits per heavy atom. The van der Waals surface area contributed by atoms with Gasteiger partial charge in [0, 0.05) is 25.0 Å². The van der Waals surface area contributed by atoms with Gasteiger partial charge in [-0.1, -0.05) is 36.6 Å². The fraction of sp³-hybridized carbons (Fsp3) is 0.400. The number of nitrogens with one attached hydrogen (secondary N) is 1. The molecule has 8 heteroatoms. The normalized spacial score (nSPS) is 22.8. The zero-order valence-corrected chi connectivity index (χ0v) is 21.7. The first-order chi connectivity index (χ1) is 18.5. The molecule has 3 aliphatic rings. The van der Waals surface area contributed by atoms with E-state index < -0.39 is 23.5 Å². The van der Waals surface area contributed by atoms with Crippen LogP contribution in [0, 0.1) is 0 Å². The Bertz CT molecular complexity index is 1250. The van der Waals surface area contributed by atoms with E-state index in [4.69, 9.17) is 14.2 Å². The highest BCUT2D eigenvalue weighted by atomic mass is 16.5. The molecule has 2 aromatic rings. The zero-order chi connectivity index (χ0) is 26.6. The Labute approximate surface area is 223 Å². The maximum atomic E-state index is 13.9. The highest BCUT2D eigenvalue weighted by molar-refractivity contribution is 6.46. The smallest absolute Gasteiger partial charge is 0.295 e. The lowest BCUT2D eigenvalue weighted by atomic mass is 9.94. The Balaban J connectivity index is 1.49. The van der Waals surface area contributed by atoms with Gasteiger partial charge in [-0.25, -0.2) is 0 Å². The minimum atomic E-state index is -0.780. The summed E-state index contributed by atoms with van der Waals surface area (Å²) in [5.74, 6) is -0.451. The van der Waals surface area contributed by atoms with Crippen molar-refractivity contribution in [2.24, 2.45) is 0 Å². The van der Waals surface area contributed by atoms with Crippen LogP contribution in [0.25, 0.3) is 5.76 Å². The Kier molecular flexibility index (Phi) is 7.81.